The highest BCUT2D eigenvalue weighted by atomic mass is 32.2. The van der Waals surface area contributed by atoms with Gasteiger partial charge >= 0.3 is 12.4 Å². The molecule has 184 valence electrons. The van der Waals surface area contributed by atoms with Gasteiger partial charge in [0.1, 0.15) is 4.75 Å². The van der Waals surface area contributed by atoms with E-state index in [2.05, 4.69) is 0 Å². The molecule has 2 aromatic carbocycles. The molecule has 3 nitrogen and oxygen atoms in total. The molecule has 1 N–H and O–H groups in total. The Balaban J connectivity index is 2.56. The molecule has 0 amide bonds. The summed E-state index contributed by atoms with van der Waals surface area (Å²) >= 11 is 0. The van der Waals surface area contributed by atoms with Gasteiger partial charge in [-0.3, -0.25) is 4.55 Å². The molecule has 2 aromatic rings. The third-order valence-electron chi connectivity index (χ3n) is 5.68. The lowest BCUT2D eigenvalue weighted by Gasteiger charge is -2.32. The quantitative estimate of drug-likeness (QED) is 0.209. The summed E-state index contributed by atoms with van der Waals surface area (Å²) in [6.07, 6.45) is -4.95. The first-order valence-electron chi connectivity index (χ1n) is 10.6. The van der Waals surface area contributed by atoms with Gasteiger partial charge in [-0.05, 0) is 41.8 Å². The van der Waals surface area contributed by atoms with Gasteiger partial charge in [0.15, 0.2) is 0 Å². The normalized spacial score (nSPS) is 13.3. The molecule has 2 rings (SSSR count). The standard InChI is InChI=1S/C23H26F6O3S/c1-2-3-4-5-6-7-16-21(33(30,31)32,17-8-12-19(13-9-17)22(24,25)26)18-10-14-20(15-11-18)23(27,28)29/h8-15H,2-7,16H2,1H3,(H,30,31,32). The fourth-order valence-corrected chi connectivity index (χ4v) is 5.16. The second kappa shape index (κ2) is 10.5. The highest BCUT2D eigenvalue weighted by Crippen LogP contribution is 2.44. The first-order chi connectivity index (χ1) is 15.2. The lowest BCUT2D eigenvalue weighted by Crippen LogP contribution is -2.37. The molecule has 0 atom stereocenters. The van der Waals surface area contributed by atoms with E-state index < -0.39 is 38.3 Å². The lowest BCUT2D eigenvalue weighted by atomic mass is 9.84. The third-order valence-corrected chi connectivity index (χ3v) is 7.24. The van der Waals surface area contributed by atoms with Crippen molar-refractivity contribution in [3.63, 3.8) is 0 Å². The van der Waals surface area contributed by atoms with Crippen molar-refractivity contribution in [2.45, 2.75) is 69.0 Å². The summed E-state index contributed by atoms with van der Waals surface area (Å²) in [5.41, 5.74) is -2.32. The maximum absolute atomic E-state index is 13.0. The van der Waals surface area contributed by atoms with Gasteiger partial charge < -0.3 is 0 Å². The second-order valence-electron chi connectivity index (χ2n) is 7.97. The van der Waals surface area contributed by atoms with Crippen LogP contribution < -0.4 is 0 Å². The zero-order valence-corrected chi connectivity index (χ0v) is 18.8. The Morgan fingerprint density at radius 1 is 0.636 bits per heavy atom. The number of unbranched alkanes of at least 4 members (excludes halogenated alkanes) is 5. The van der Waals surface area contributed by atoms with Crippen molar-refractivity contribution in [3.05, 3.63) is 70.8 Å². The summed E-state index contributed by atoms with van der Waals surface area (Å²) in [6.45, 7) is 2.03. The van der Waals surface area contributed by atoms with Crippen molar-refractivity contribution in [1.29, 1.82) is 0 Å². The Hall–Kier alpha value is -2.07. The van der Waals surface area contributed by atoms with Gasteiger partial charge in [-0.15, -0.1) is 0 Å². The molecule has 0 aromatic heterocycles. The summed E-state index contributed by atoms with van der Waals surface area (Å²) in [6, 6.07) is 6.58. The topological polar surface area (TPSA) is 54.4 Å². The Morgan fingerprint density at radius 2 is 0.970 bits per heavy atom. The minimum Gasteiger partial charge on any atom is -0.285 e. The molecule has 0 saturated carbocycles. The first-order valence-corrected chi connectivity index (χ1v) is 12.0. The van der Waals surface area contributed by atoms with Crippen LogP contribution in [0.5, 0.6) is 0 Å². The van der Waals surface area contributed by atoms with Crippen LogP contribution in [0.1, 0.15) is 74.1 Å². The zero-order valence-electron chi connectivity index (χ0n) is 18.0. The van der Waals surface area contributed by atoms with Crippen molar-refractivity contribution in [1.82, 2.24) is 0 Å². The molecule has 0 aliphatic heterocycles. The Bertz CT molecular complexity index is 937. The largest absolute Gasteiger partial charge is 0.416 e. The van der Waals surface area contributed by atoms with E-state index in [0.29, 0.717) is 37.1 Å². The van der Waals surface area contributed by atoms with E-state index in [1.807, 2.05) is 6.92 Å². The average Bonchev–Trinajstić information content (AvgIpc) is 2.71. The molecule has 0 unspecified atom stereocenters. The van der Waals surface area contributed by atoms with E-state index in [9.17, 15) is 39.3 Å². The van der Waals surface area contributed by atoms with Gasteiger partial charge in [0.25, 0.3) is 10.1 Å². The van der Waals surface area contributed by atoms with Gasteiger partial charge in [-0.1, -0.05) is 69.7 Å². The van der Waals surface area contributed by atoms with E-state index >= 15 is 0 Å². The summed E-state index contributed by atoms with van der Waals surface area (Å²) in [7, 11) is -4.99. The molecule has 33 heavy (non-hydrogen) atoms. The summed E-state index contributed by atoms with van der Waals surface area (Å²) in [4.78, 5) is 0. The van der Waals surface area contributed by atoms with Gasteiger partial charge in [-0.25, -0.2) is 0 Å². The highest BCUT2D eigenvalue weighted by Gasteiger charge is 2.46. The number of benzene rings is 2. The number of halogens is 6. The van der Waals surface area contributed by atoms with E-state index in [0.717, 1.165) is 49.9 Å². The lowest BCUT2D eigenvalue weighted by molar-refractivity contribution is -0.138. The molecule has 0 spiro atoms. The van der Waals surface area contributed by atoms with Gasteiger partial charge in [0.2, 0.25) is 0 Å². The number of hydrogen-bond donors (Lipinski definition) is 1. The number of hydrogen-bond acceptors (Lipinski definition) is 2. The van der Waals surface area contributed by atoms with Crippen LogP contribution in [0.4, 0.5) is 26.3 Å². The Labute approximate surface area is 189 Å². The van der Waals surface area contributed by atoms with Crippen LogP contribution in [0.2, 0.25) is 0 Å². The van der Waals surface area contributed by atoms with E-state index in [1.165, 1.54) is 0 Å². The molecule has 0 fully saturated rings. The fourth-order valence-electron chi connectivity index (χ4n) is 3.89. The van der Waals surface area contributed by atoms with Crippen molar-refractivity contribution in [3.8, 4) is 0 Å². The molecule has 0 aliphatic carbocycles. The SMILES string of the molecule is CCCCCCCCC(c1ccc(C(F)(F)F)cc1)(c1ccc(C(F)(F)F)cc1)S(=O)(=O)O. The second-order valence-corrected chi connectivity index (χ2v) is 9.62. The third kappa shape index (κ3) is 6.50. The van der Waals surface area contributed by atoms with Crippen LogP contribution >= 0.6 is 0 Å². The number of alkyl halides is 6. The van der Waals surface area contributed by atoms with E-state index in [-0.39, 0.29) is 17.5 Å². The van der Waals surface area contributed by atoms with Crippen LogP contribution in [-0.2, 0) is 27.2 Å². The molecular weight excluding hydrogens is 470 g/mol. The van der Waals surface area contributed by atoms with Gasteiger partial charge in [0.05, 0.1) is 11.1 Å². The molecule has 0 aliphatic rings. The van der Waals surface area contributed by atoms with Crippen molar-refractivity contribution in [2.75, 3.05) is 0 Å². The predicted octanol–water partition coefficient (Wildman–Crippen LogP) is 7.61. The van der Waals surface area contributed by atoms with Crippen LogP contribution in [0, 0.1) is 0 Å². The molecule has 0 saturated heterocycles. The number of rotatable bonds is 10. The Kier molecular flexibility index (Phi) is 8.62. The maximum atomic E-state index is 13.0. The maximum Gasteiger partial charge on any atom is 0.416 e. The summed E-state index contributed by atoms with van der Waals surface area (Å²) in [5.74, 6) is 0. The van der Waals surface area contributed by atoms with Crippen LogP contribution in [0.25, 0.3) is 0 Å². The minimum atomic E-state index is -4.99. The minimum absolute atomic E-state index is 0.147. The molecule has 0 bridgehead atoms. The first kappa shape index (κ1) is 27.2. The molecule has 0 radical (unpaired) electrons. The molecule has 0 heterocycles. The molecular formula is C23H26F6O3S. The van der Waals surface area contributed by atoms with Crippen LogP contribution in [0.3, 0.4) is 0 Å². The van der Waals surface area contributed by atoms with Crippen molar-refractivity contribution >= 4 is 10.1 Å². The average molecular weight is 497 g/mol. The monoisotopic (exact) mass is 496 g/mol. The van der Waals surface area contributed by atoms with Crippen LogP contribution in [0.15, 0.2) is 48.5 Å². The fraction of sp³-hybridized carbons (Fsp3) is 0.478. The predicted molar refractivity (Wildman–Crippen MR) is 113 cm³/mol. The summed E-state index contributed by atoms with van der Waals surface area (Å²) < 4.78 is 111. The van der Waals surface area contributed by atoms with Crippen molar-refractivity contribution in [2.24, 2.45) is 0 Å². The van der Waals surface area contributed by atoms with Gasteiger partial charge in [-0.2, -0.15) is 34.8 Å². The van der Waals surface area contributed by atoms with Crippen LogP contribution in [-0.4, -0.2) is 13.0 Å². The van der Waals surface area contributed by atoms with E-state index in [1.54, 1.807) is 0 Å². The zero-order chi connectivity index (χ0) is 24.9. The highest BCUT2D eigenvalue weighted by molar-refractivity contribution is 7.87. The van der Waals surface area contributed by atoms with Gasteiger partial charge in [0, 0.05) is 0 Å². The van der Waals surface area contributed by atoms with E-state index in [4.69, 9.17) is 0 Å². The van der Waals surface area contributed by atoms with Crippen molar-refractivity contribution < 1.29 is 39.3 Å². The Morgan fingerprint density at radius 3 is 1.30 bits per heavy atom. The molecule has 10 heteroatoms. The smallest absolute Gasteiger partial charge is 0.285 e. The summed E-state index contributed by atoms with van der Waals surface area (Å²) in [5, 5.41) is 0.